The second-order valence-corrected chi connectivity index (χ2v) is 5.50. The van der Waals surface area contributed by atoms with Crippen molar-refractivity contribution in [1.82, 2.24) is 16.0 Å². The summed E-state index contributed by atoms with van der Waals surface area (Å²) in [7, 11) is 0. The zero-order chi connectivity index (χ0) is 18.9. The van der Waals surface area contributed by atoms with Crippen molar-refractivity contribution < 1.29 is 29.4 Å². The molecule has 0 aromatic heterocycles. The minimum absolute atomic E-state index is 0.0440. The Morgan fingerprint density at radius 2 is 1.67 bits per heavy atom. The Labute approximate surface area is 140 Å². The van der Waals surface area contributed by atoms with Gasteiger partial charge in [-0.05, 0) is 12.8 Å². The van der Waals surface area contributed by atoms with Gasteiger partial charge in [-0.25, -0.2) is 4.79 Å². The number of aliphatic hydroxyl groups is 1. The van der Waals surface area contributed by atoms with Gasteiger partial charge in [0, 0.05) is 0 Å². The van der Waals surface area contributed by atoms with Crippen LogP contribution in [0.5, 0.6) is 0 Å². The quantitative estimate of drug-likeness (QED) is 0.255. The summed E-state index contributed by atoms with van der Waals surface area (Å²) in [6.45, 7) is 3.89. The largest absolute Gasteiger partial charge is 0.480 e. The number of nitrogens with one attached hydrogen (secondary N) is 3. The molecule has 0 bridgehead atoms. The van der Waals surface area contributed by atoms with E-state index in [0.717, 1.165) is 0 Å². The molecule has 10 nitrogen and oxygen atoms in total. The van der Waals surface area contributed by atoms with Crippen molar-refractivity contribution in [2.45, 2.75) is 45.3 Å². The Kier molecular flexibility index (Phi) is 9.58. The van der Waals surface area contributed by atoms with Crippen LogP contribution in [-0.4, -0.2) is 65.2 Å². The number of aliphatic carboxylic acids is 1. The van der Waals surface area contributed by atoms with E-state index in [4.69, 9.17) is 15.9 Å². The number of aliphatic hydroxyl groups excluding tert-OH is 1. The SMILES string of the molecule is CCC(C)C(N)C(=O)NC(C)C(=O)NCC(=O)NC(CO)C(=O)O. The van der Waals surface area contributed by atoms with Crippen LogP contribution in [0.1, 0.15) is 27.2 Å². The highest BCUT2D eigenvalue weighted by Crippen LogP contribution is 2.05. The molecule has 0 saturated heterocycles. The van der Waals surface area contributed by atoms with Gasteiger partial charge >= 0.3 is 5.97 Å². The van der Waals surface area contributed by atoms with Gasteiger partial charge in [0.05, 0.1) is 19.2 Å². The maximum Gasteiger partial charge on any atom is 0.328 e. The molecule has 0 aliphatic rings. The van der Waals surface area contributed by atoms with Gasteiger partial charge in [0.15, 0.2) is 0 Å². The minimum atomic E-state index is -1.44. The van der Waals surface area contributed by atoms with E-state index in [1.54, 1.807) is 0 Å². The fraction of sp³-hybridized carbons (Fsp3) is 0.714. The molecule has 0 spiro atoms. The van der Waals surface area contributed by atoms with Crippen LogP contribution in [0.15, 0.2) is 0 Å². The summed E-state index contributed by atoms with van der Waals surface area (Å²) in [6, 6.07) is -3.09. The molecule has 0 saturated carbocycles. The van der Waals surface area contributed by atoms with Crippen molar-refractivity contribution in [2.24, 2.45) is 11.7 Å². The molecule has 0 radical (unpaired) electrons. The average Bonchev–Trinajstić information content (AvgIpc) is 2.55. The van der Waals surface area contributed by atoms with E-state index in [2.05, 4.69) is 10.6 Å². The highest BCUT2D eigenvalue weighted by atomic mass is 16.4. The second kappa shape index (κ2) is 10.6. The van der Waals surface area contributed by atoms with E-state index < -0.39 is 55.0 Å². The Morgan fingerprint density at radius 3 is 2.12 bits per heavy atom. The van der Waals surface area contributed by atoms with Crippen molar-refractivity contribution in [2.75, 3.05) is 13.2 Å². The predicted molar refractivity (Wildman–Crippen MR) is 84.7 cm³/mol. The maximum atomic E-state index is 11.9. The lowest BCUT2D eigenvalue weighted by Crippen LogP contribution is -2.53. The number of carboxylic acids is 1. The lowest BCUT2D eigenvalue weighted by Gasteiger charge is -2.20. The minimum Gasteiger partial charge on any atom is -0.480 e. The van der Waals surface area contributed by atoms with E-state index >= 15 is 0 Å². The summed E-state index contributed by atoms with van der Waals surface area (Å²) >= 11 is 0. The van der Waals surface area contributed by atoms with E-state index in [1.165, 1.54) is 6.92 Å². The molecule has 10 heteroatoms. The monoisotopic (exact) mass is 346 g/mol. The van der Waals surface area contributed by atoms with E-state index in [0.29, 0.717) is 6.42 Å². The molecule has 0 aliphatic heterocycles. The lowest BCUT2D eigenvalue weighted by molar-refractivity contribution is -0.142. The van der Waals surface area contributed by atoms with E-state index in [-0.39, 0.29) is 5.92 Å². The smallest absolute Gasteiger partial charge is 0.328 e. The molecule has 0 aromatic rings. The van der Waals surface area contributed by atoms with Gasteiger partial charge in [-0.1, -0.05) is 20.3 Å². The molecule has 0 heterocycles. The number of carbonyl (C=O) groups excluding carboxylic acids is 3. The summed E-state index contributed by atoms with van der Waals surface area (Å²) in [4.78, 5) is 45.8. The first-order valence-corrected chi connectivity index (χ1v) is 7.60. The number of hydrogen-bond donors (Lipinski definition) is 6. The lowest BCUT2D eigenvalue weighted by atomic mass is 9.99. The third-order valence-electron chi connectivity index (χ3n) is 3.55. The number of carbonyl (C=O) groups is 4. The fourth-order valence-electron chi connectivity index (χ4n) is 1.64. The van der Waals surface area contributed by atoms with Crippen molar-refractivity contribution in [3.05, 3.63) is 0 Å². The first kappa shape index (κ1) is 21.8. The third-order valence-corrected chi connectivity index (χ3v) is 3.55. The summed E-state index contributed by atoms with van der Waals surface area (Å²) in [5.41, 5.74) is 5.75. The molecule has 0 aliphatic carbocycles. The van der Waals surface area contributed by atoms with Gasteiger partial charge in [0.2, 0.25) is 17.7 Å². The highest BCUT2D eigenvalue weighted by molar-refractivity contribution is 5.92. The number of hydrogen-bond acceptors (Lipinski definition) is 6. The van der Waals surface area contributed by atoms with Gasteiger partial charge in [0.25, 0.3) is 0 Å². The molecule has 4 atom stereocenters. The highest BCUT2D eigenvalue weighted by Gasteiger charge is 2.24. The van der Waals surface area contributed by atoms with Gasteiger partial charge in [0.1, 0.15) is 12.1 Å². The molecule has 24 heavy (non-hydrogen) atoms. The first-order valence-electron chi connectivity index (χ1n) is 7.60. The summed E-state index contributed by atoms with van der Waals surface area (Å²) in [6.07, 6.45) is 0.713. The Morgan fingerprint density at radius 1 is 1.08 bits per heavy atom. The van der Waals surface area contributed by atoms with Crippen molar-refractivity contribution in [3.8, 4) is 0 Å². The number of amides is 3. The predicted octanol–water partition coefficient (Wildman–Crippen LogP) is -2.46. The molecule has 138 valence electrons. The van der Waals surface area contributed by atoms with Crippen LogP contribution >= 0.6 is 0 Å². The van der Waals surface area contributed by atoms with Crippen LogP contribution < -0.4 is 21.7 Å². The zero-order valence-electron chi connectivity index (χ0n) is 14.0. The molecule has 0 aromatic carbocycles. The van der Waals surface area contributed by atoms with Gasteiger partial charge in [-0.15, -0.1) is 0 Å². The summed E-state index contributed by atoms with van der Waals surface area (Å²) < 4.78 is 0. The van der Waals surface area contributed by atoms with Gasteiger partial charge in [-0.3, -0.25) is 14.4 Å². The Hall–Kier alpha value is -2.20. The summed E-state index contributed by atoms with van der Waals surface area (Å²) in [5.74, 6) is -3.30. The normalized spacial score (nSPS) is 15.5. The molecule has 3 amide bonds. The van der Waals surface area contributed by atoms with Crippen LogP contribution in [0, 0.1) is 5.92 Å². The van der Waals surface area contributed by atoms with E-state index in [1.807, 2.05) is 19.2 Å². The molecule has 7 N–H and O–H groups in total. The van der Waals surface area contributed by atoms with E-state index in [9.17, 15) is 19.2 Å². The summed E-state index contributed by atoms with van der Waals surface area (Å²) in [5, 5.41) is 24.2. The van der Waals surface area contributed by atoms with Crippen LogP contribution in [0.2, 0.25) is 0 Å². The number of carboxylic acid groups (broad SMARTS) is 1. The number of rotatable bonds is 10. The Balaban J connectivity index is 4.34. The average molecular weight is 346 g/mol. The molecular formula is C14H26N4O6. The molecule has 0 rings (SSSR count). The second-order valence-electron chi connectivity index (χ2n) is 5.50. The number of nitrogens with two attached hydrogens (primary N) is 1. The maximum absolute atomic E-state index is 11.9. The molecule has 0 fully saturated rings. The van der Waals surface area contributed by atoms with Crippen molar-refractivity contribution >= 4 is 23.7 Å². The topological polar surface area (TPSA) is 171 Å². The fourth-order valence-corrected chi connectivity index (χ4v) is 1.64. The molecule has 4 unspecified atom stereocenters. The van der Waals surface area contributed by atoms with Crippen LogP contribution in [0.3, 0.4) is 0 Å². The molecular weight excluding hydrogens is 320 g/mol. The van der Waals surface area contributed by atoms with Gasteiger partial charge in [-0.2, -0.15) is 0 Å². The zero-order valence-corrected chi connectivity index (χ0v) is 14.0. The van der Waals surface area contributed by atoms with Crippen molar-refractivity contribution in [1.29, 1.82) is 0 Å². The third kappa shape index (κ3) is 7.38. The first-order chi connectivity index (χ1) is 11.1. The van der Waals surface area contributed by atoms with Crippen molar-refractivity contribution in [3.63, 3.8) is 0 Å². The standard InChI is InChI=1S/C14H26N4O6/c1-4-7(2)11(15)13(22)17-8(3)12(21)16-5-10(20)18-9(6-19)14(23)24/h7-9,11,19H,4-6,15H2,1-3H3,(H,16,21)(H,17,22)(H,18,20)(H,23,24). The van der Waals surface area contributed by atoms with Crippen LogP contribution in [0.4, 0.5) is 0 Å². The van der Waals surface area contributed by atoms with Gasteiger partial charge < -0.3 is 31.9 Å². The van der Waals surface area contributed by atoms with Crippen LogP contribution in [-0.2, 0) is 19.2 Å². The Bertz CT molecular complexity index is 470. The van der Waals surface area contributed by atoms with Crippen LogP contribution in [0.25, 0.3) is 0 Å².